The number of nitrogens with one attached hydrogen (secondary N) is 1. The molecule has 1 unspecified atom stereocenters. The number of hydrogen-bond donors (Lipinski definition) is 1. The summed E-state index contributed by atoms with van der Waals surface area (Å²) in [6.45, 7) is 4.36. The molecule has 0 aliphatic carbocycles. The summed E-state index contributed by atoms with van der Waals surface area (Å²) in [4.78, 5) is 42.1. The molecule has 1 N–H and O–H groups in total. The van der Waals surface area contributed by atoms with Crippen LogP contribution >= 0.6 is 11.3 Å². The van der Waals surface area contributed by atoms with Crippen molar-refractivity contribution in [3.63, 3.8) is 0 Å². The normalized spacial score (nSPS) is 16.2. The number of benzene rings is 1. The van der Waals surface area contributed by atoms with Gasteiger partial charge in [0.05, 0.1) is 31.4 Å². The third-order valence-corrected chi connectivity index (χ3v) is 7.84. The van der Waals surface area contributed by atoms with E-state index in [2.05, 4.69) is 15.5 Å². The highest BCUT2D eigenvalue weighted by Gasteiger charge is 2.32. The Kier molecular flexibility index (Phi) is 7.13. The van der Waals surface area contributed by atoms with Crippen LogP contribution in [0.5, 0.6) is 5.75 Å². The Morgan fingerprint density at radius 1 is 1.24 bits per heavy atom. The predicted octanol–water partition coefficient (Wildman–Crippen LogP) is 2.49. The van der Waals surface area contributed by atoms with Crippen LogP contribution in [-0.4, -0.2) is 50.3 Å². The molecule has 4 heterocycles. The monoisotopic (exact) mass is 542 g/mol. The first-order valence-corrected chi connectivity index (χ1v) is 13.0. The lowest BCUT2D eigenvalue weighted by Crippen LogP contribution is -2.44. The van der Waals surface area contributed by atoms with Crippen LogP contribution in [0.15, 0.2) is 40.2 Å². The van der Waals surface area contributed by atoms with Crippen molar-refractivity contribution in [2.75, 3.05) is 20.3 Å². The quantitative estimate of drug-likeness (QED) is 0.345. The van der Waals surface area contributed by atoms with E-state index in [1.807, 2.05) is 6.92 Å². The van der Waals surface area contributed by atoms with Crippen LogP contribution in [0.3, 0.4) is 0 Å². The smallest absolute Gasteiger partial charge is 0.332 e. The Morgan fingerprint density at radius 3 is 2.66 bits per heavy atom. The Balaban J connectivity index is 1.76. The van der Waals surface area contributed by atoms with Crippen molar-refractivity contribution in [2.45, 2.75) is 45.4 Å². The number of fused-ring (bicyclic) bond motifs is 1. The summed E-state index contributed by atoms with van der Waals surface area (Å²) >= 11 is 1.19. The van der Waals surface area contributed by atoms with E-state index in [0.717, 1.165) is 4.57 Å². The molecule has 0 spiro atoms. The molecule has 5 rings (SSSR count). The van der Waals surface area contributed by atoms with Crippen molar-refractivity contribution < 1.29 is 18.7 Å². The summed E-state index contributed by atoms with van der Waals surface area (Å²) in [7, 11) is 1.48. The van der Waals surface area contributed by atoms with E-state index < -0.39 is 29.2 Å². The van der Waals surface area contributed by atoms with E-state index in [-0.39, 0.29) is 12.5 Å². The average Bonchev–Trinajstić information content (AvgIpc) is 3.65. The predicted molar refractivity (Wildman–Crippen MR) is 139 cm³/mol. The molecule has 2 atom stereocenters. The maximum atomic E-state index is 14.3. The number of carbonyl (C=O) groups excluding carboxylic acids is 1. The van der Waals surface area contributed by atoms with Crippen LogP contribution in [0, 0.1) is 12.7 Å². The second kappa shape index (κ2) is 10.5. The highest BCUT2D eigenvalue weighted by Crippen LogP contribution is 2.34. The van der Waals surface area contributed by atoms with Gasteiger partial charge in [-0.3, -0.25) is 14.2 Å². The summed E-state index contributed by atoms with van der Waals surface area (Å²) in [5.41, 5.74) is -0.183. The lowest BCUT2D eigenvalue weighted by molar-refractivity contribution is -0.122. The Morgan fingerprint density at radius 2 is 2.00 bits per heavy atom. The highest BCUT2D eigenvalue weighted by atomic mass is 32.1. The zero-order chi connectivity index (χ0) is 27.0. The topological polar surface area (TPSA) is 122 Å². The van der Waals surface area contributed by atoms with Crippen molar-refractivity contribution in [1.82, 2.24) is 29.4 Å². The Labute approximate surface area is 220 Å². The first-order valence-electron chi connectivity index (χ1n) is 12.2. The van der Waals surface area contributed by atoms with Crippen molar-refractivity contribution in [3.05, 3.63) is 68.4 Å². The maximum Gasteiger partial charge on any atom is 0.332 e. The fourth-order valence-corrected chi connectivity index (χ4v) is 5.97. The van der Waals surface area contributed by atoms with Gasteiger partial charge in [0, 0.05) is 24.3 Å². The fourth-order valence-electron chi connectivity index (χ4n) is 4.75. The van der Waals surface area contributed by atoms with E-state index in [1.165, 1.54) is 58.4 Å². The zero-order valence-electron chi connectivity index (χ0n) is 21.1. The molecular weight excluding hydrogens is 515 g/mol. The van der Waals surface area contributed by atoms with Crippen LogP contribution in [0.4, 0.5) is 4.39 Å². The van der Waals surface area contributed by atoms with Crippen LogP contribution in [0.25, 0.3) is 15.2 Å². The summed E-state index contributed by atoms with van der Waals surface area (Å²) in [5, 5.41) is 11.9. The second-order valence-corrected chi connectivity index (χ2v) is 9.92. The molecule has 1 saturated heterocycles. The molecule has 200 valence electrons. The minimum atomic E-state index is -0.935. The summed E-state index contributed by atoms with van der Waals surface area (Å²) in [6.07, 6.45) is 3.25. The van der Waals surface area contributed by atoms with Crippen LogP contribution < -0.4 is 21.3 Å². The van der Waals surface area contributed by atoms with Gasteiger partial charge in [-0.15, -0.1) is 4.80 Å². The number of aromatic nitrogens is 5. The van der Waals surface area contributed by atoms with E-state index in [4.69, 9.17) is 9.47 Å². The zero-order valence-corrected chi connectivity index (χ0v) is 22.0. The van der Waals surface area contributed by atoms with Crippen molar-refractivity contribution >= 4 is 27.5 Å². The van der Waals surface area contributed by atoms with Gasteiger partial charge in [0.2, 0.25) is 5.91 Å². The lowest BCUT2D eigenvalue weighted by Gasteiger charge is -2.23. The van der Waals surface area contributed by atoms with E-state index >= 15 is 0 Å². The molecule has 0 bridgehead atoms. The number of ether oxygens (including phenoxy) is 2. The summed E-state index contributed by atoms with van der Waals surface area (Å²) < 4.78 is 28.4. The maximum absolute atomic E-state index is 14.3. The molecule has 1 aromatic carbocycles. The van der Waals surface area contributed by atoms with Gasteiger partial charge in [-0.05, 0) is 38.0 Å². The minimum Gasteiger partial charge on any atom is -0.496 e. The number of methoxy groups -OCH3 is 1. The Bertz CT molecular complexity index is 1610. The van der Waals surface area contributed by atoms with Gasteiger partial charge in [0.15, 0.2) is 0 Å². The van der Waals surface area contributed by atoms with Crippen molar-refractivity contribution in [2.24, 2.45) is 0 Å². The van der Waals surface area contributed by atoms with Crippen molar-refractivity contribution in [3.8, 4) is 10.8 Å². The number of carbonyl (C=O) groups is 1. The molecule has 38 heavy (non-hydrogen) atoms. The molecule has 1 aliphatic heterocycles. The number of rotatable bonds is 9. The van der Waals surface area contributed by atoms with Gasteiger partial charge >= 0.3 is 5.69 Å². The standard InChI is InChI=1S/C25H27FN6O5S/c1-4-11-37-19(16-12-15(26)5-6-18(16)36-3)13-30-24-20(14(2)23(38-24)32-28-9-10-29-32)22(34)31(25(30)35)17-7-8-27-21(17)33/h5-6,9-10,12,17,19H,4,7-8,11,13H2,1-3H3,(H,27,33)/t17?,19-/m0/s1. The van der Waals surface area contributed by atoms with Gasteiger partial charge in [0.1, 0.15) is 33.5 Å². The molecule has 11 nitrogen and oxygen atoms in total. The van der Waals surface area contributed by atoms with Crippen LogP contribution in [-0.2, 0) is 16.1 Å². The SMILES string of the molecule is CCCO[C@@H](Cn1c(=O)n(C2CCNC2=O)c(=O)c2c(C)c(-n3nccn3)sc21)c1cc(F)ccc1OC. The molecule has 4 aromatic rings. The van der Waals surface area contributed by atoms with Gasteiger partial charge in [0.25, 0.3) is 5.56 Å². The molecule has 1 amide bonds. The molecule has 3 aromatic heterocycles. The van der Waals surface area contributed by atoms with Gasteiger partial charge < -0.3 is 14.8 Å². The Hall–Kier alpha value is -3.84. The first-order chi connectivity index (χ1) is 18.3. The van der Waals surface area contributed by atoms with Gasteiger partial charge in [-0.2, -0.15) is 10.2 Å². The summed E-state index contributed by atoms with van der Waals surface area (Å²) in [5.74, 6) is -0.457. The molecule has 1 aliphatic rings. The average molecular weight is 543 g/mol. The summed E-state index contributed by atoms with van der Waals surface area (Å²) in [6, 6.07) is 3.18. The number of hydrogen-bond acceptors (Lipinski definition) is 8. The number of aryl methyl sites for hydroxylation is 1. The molecular formula is C25H27FN6O5S. The number of amides is 1. The lowest BCUT2D eigenvalue weighted by atomic mass is 10.1. The van der Waals surface area contributed by atoms with E-state index in [9.17, 15) is 18.8 Å². The van der Waals surface area contributed by atoms with E-state index in [0.29, 0.717) is 58.1 Å². The minimum absolute atomic E-state index is 0.0459. The molecule has 1 fully saturated rings. The number of thiophene rings is 1. The van der Waals surface area contributed by atoms with E-state index in [1.54, 1.807) is 6.92 Å². The van der Waals surface area contributed by atoms with Crippen molar-refractivity contribution in [1.29, 1.82) is 0 Å². The third kappa shape index (κ3) is 4.41. The third-order valence-electron chi connectivity index (χ3n) is 6.56. The van der Waals surface area contributed by atoms with Gasteiger partial charge in [-0.1, -0.05) is 18.3 Å². The molecule has 13 heteroatoms. The fraction of sp³-hybridized carbons (Fsp3) is 0.400. The second-order valence-electron chi connectivity index (χ2n) is 8.94. The molecule has 0 saturated carbocycles. The highest BCUT2D eigenvalue weighted by molar-refractivity contribution is 7.21. The largest absolute Gasteiger partial charge is 0.496 e. The number of halogens is 1. The van der Waals surface area contributed by atoms with Gasteiger partial charge in [-0.25, -0.2) is 13.8 Å². The molecule has 0 radical (unpaired) electrons. The number of nitrogens with zero attached hydrogens (tertiary/aromatic N) is 5. The van der Waals surface area contributed by atoms with Crippen LogP contribution in [0.2, 0.25) is 0 Å². The van der Waals surface area contributed by atoms with Crippen LogP contribution in [0.1, 0.15) is 43.0 Å². The first kappa shape index (κ1) is 25.8.